The van der Waals surface area contributed by atoms with Crippen molar-refractivity contribution in [3.63, 3.8) is 0 Å². The smallest absolute Gasteiger partial charge is 0.224 e. The Bertz CT molecular complexity index is 771. The summed E-state index contributed by atoms with van der Waals surface area (Å²) < 4.78 is 5.40. The Balaban J connectivity index is 1.31. The van der Waals surface area contributed by atoms with Crippen LogP contribution in [-0.4, -0.2) is 44.8 Å². The van der Waals surface area contributed by atoms with Crippen LogP contribution in [-0.2, 0) is 16.0 Å². The number of piperidine rings is 1. The number of nitrogens with zero attached hydrogens (tertiary/aromatic N) is 1. The molecule has 2 aromatic rings. The summed E-state index contributed by atoms with van der Waals surface area (Å²) in [7, 11) is 0. The van der Waals surface area contributed by atoms with Gasteiger partial charge in [-0.3, -0.25) is 4.79 Å². The van der Waals surface area contributed by atoms with Gasteiger partial charge in [0.2, 0.25) is 5.91 Å². The molecule has 1 fully saturated rings. The molecule has 2 aromatic carbocycles. The van der Waals surface area contributed by atoms with Gasteiger partial charge in [-0.15, -0.1) is 0 Å². The molecule has 3 rings (SSSR count). The third kappa shape index (κ3) is 8.64. The minimum absolute atomic E-state index is 0.0991. The third-order valence-electron chi connectivity index (χ3n) is 6.08. The maximum absolute atomic E-state index is 12.3. The van der Waals surface area contributed by atoms with E-state index in [0.29, 0.717) is 12.5 Å². The highest BCUT2D eigenvalue weighted by Crippen LogP contribution is 2.22. The second-order valence-corrected chi connectivity index (χ2v) is 8.55. The van der Waals surface area contributed by atoms with Crippen LogP contribution in [0.15, 0.2) is 54.6 Å². The fraction of sp³-hybridized carbons (Fsp3) is 0.519. The van der Waals surface area contributed by atoms with Gasteiger partial charge < -0.3 is 20.3 Å². The van der Waals surface area contributed by atoms with Gasteiger partial charge >= 0.3 is 0 Å². The van der Waals surface area contributed by atoms with Crippen LogP contribution in [0, 0.1) is 0 Å². The number of unbranched alkanes of at least 4 members (excludes halogenated alkanes) is 1. The minimum atomic E-state index is 0.0991. The number of rotatable bonds is 13. The number of anilines is 2. The number of benzene rings is 2. The average Bonchev–Trinajstić information content (AvgIpc) is 2.83. The number of amides is 1. The first-order valence-corrected chi connectivity index (χ1v) is 12.2. The molecule has 0 unspecified atom stereocenters. The molecule has 0 aromatic heterocycles. The Morgan fingerprint density at radius 1 is 1.00 bits per heavy atom. The minimum Gasteiger partial charge on any atom is -0.382 e. The summed E-state index contributed by atoms with van der Waals surface area (Å²) in [5, 5.41) is 6.70. The standard InChI is InChI=1S/C27H39N3O2/c1-2-32-22-8-19-28-24-17-20-30(21-18-24)26-15-13-25(14-16-26)29-27(31)12-7-6-11-23-9-4-3-5-10-23/h3-5,9-10,13-16,24,28H,2,6-8,11-12,17-22H2,1H3,(H,29,31). The highest BCUT2D eigenvalue weighted by molar-refractivity contribution is 5.90. The molecule has 32 heavy (non-hydrogen) atoms. The highest BCUT2D eigenvalue weighted by Gasteiger charge is 2.18. The van der Waals surface area contributed by atoms with E-state index in [1.165, 1.54) is 11.3 Å². The Morgan fingerprint density at radius 3 is 2.47 bits per heavy atom. The molecular weight excluding hydrogens is 398 g/mol. The summed E-state index contributed by atoms with van der Waals surface area (Å²) >= 11 is 0. The van der Waals surface area contributed by atoms with Crippen LogP contribution in [0.4, 0.5) is 11.4 Å². The largest absolute Gasteiger partial charge is 0.382 e. The number of nitrogens with one attached hydrogen (secondary N) is 2. The maximum atomic E-state index is 12.3. The Morgan fingerprint density at radius 2 is 1.75 bits per heavy atom. The van der Waals surface area contributed by atoms with Crippen LogP contribution in [0.1, 0.15) is 51.0 Å². The van der Waals surface area contributed by atoms with Crippen molar-refractivity contribution in [2.75, 3.05) is 43.1 Å². The summed E-state index contributed by atoms with van der Waals surface area (Å²) in [4.78, 5) is 14.7. The number of carbonyl (C=O) groups is 1. The molecule has 1 amide bonds. The van der Waals surface area contributed by atoms with Crippen molar-refractivity contribution in [3.8, 4) is 0 Å². The molecule has 0 bridgehead atoms. The van der Waals surface area contributed by atoms with Crippen LogP contribution in [0.3, 0.4) is 0 Å². The quantitative estimate of drug-likeness (QED) is 0.432. The van der Waals surface area contributed by atoms with E-state index >= 15 is 0 Å². The van der Waals surface area contributed by atoms with Crippen LogP contribution >= 0.6 is 0 Å². The number of hydrogen-bond acceptors (Lipinski definition) is 4. The molecule has 1 aliphatic heterocycles. The van der Waals surface area contributed by atoms with E-state index in [0.717, 1.165) is 77.1 Å². The van der Waals surface area contributed by atoms with Crippen molar-refractivity contribution in [2.24, 2.45) is 0 Å². The fourth-order valence-corrected chi connectivity index (χ4v) is 4.20. The average molecular weight is 438 g/mol. The molecule has 0 spiro atoms. The maximum Gasteiger partial charge on any atom is 0.224 e. The molecule has 2 N–H and O–H groups in total. The van der Waals surface area contributed by atoms with Crippen molar-refractivity contribution in [1.29, 1.82) is 0 Å². The van der Waals surface area contributed by atoms with Crippen LogP contribution in [0.2, 0.25) is 0 Å². The lowest BCUT2D eigenvalue weighted by Crippen LogP contribution is -2.43. The van der Waals surface area contributed by atoms with Crippen molar-refractivity contribution >= 4 is 17.3 Å². The molecular formula is C27H39N3O2. The SMILES string of the molecule is CCOCCCNC1CCN(c2ccc(NC(=O)CCCCc3ccccc3)cc2)CC1. The van der Waals surface area contributed by atoms with E-state index in [1.54, 1.807) is 0 Å². The lowest BCUT2D eigenvalue weighted by Gasteiger charge is -2.34. The zero-order valence-corrected chi connectivity index (χ0v) is 19.5. The third-order valence-corrected chi connectivity index (χ3v) is 6.08. The summed E-state index contributed by atoms with van der Waals surface area (Å²) in [5.74, 6) is 0.0991. The summed E-state index contributed by atoms with van der Waals surface area (Å²) in [6.45, 7) is 6.85. The Hall–Kier alpha value is -2.37. The molecule has 5 nitrogen and oxygen atoms in total. The number of carbonyl (C=O) groups excluding carboxylic acids is 1. The van der Waals surface area contributed by atoms with E-state index in [9.17, 15) is 4.79 Å². The molecule has 1 heterocycles. The molecule has 0 radical (unpaired) electrons. The predicted octanol–water partition coefficient (Wildman–Crippen LogP) is 5.02. The van der Waals surface area contributed by atoms with E-state index in [2.05, 4.69) is 51.9 Å². The van der Waals surface area contributed by atoms with Gasteiger partial charge in [0, 0.05) is 50.1 Å². The first-order chi connectivity index (χ1) is 15.7. The molecule has 0 atom stereocenters. The van der Waals surface area contributed by atoms with Gasteiger partial charge in [-0.1, -0.05) is 30.3 Å². The summed E-state index contributed by atoms with van der Waals surface area (Å²) in [5.41, 5.74) is 3.46. The van der Waals surface area contributed by atoms with Gasteiger partial charge in [-0.25, -0.2) is 0 Å². The molecule has 0 saturated carbocycles. The molecule has 1 aliphatic rings. The Labute approximate surface area is 193 Å². The second kappa shape index (κ2) is 13.9. The fourth-order valence-electron chi connectivity index (χ4n) is 4.20. The lowest BCUT2D eigenvalue weighted by molar-refractivity contribution is -0.116. The molecule has 174 valence electrons. The normalized spacial score (nSPS) is 14.5. The van der Waals surface area contributed by atoms with Crippen molar-refractivity contribution < 1.29 is 9.53 Å². The summed E-state index contributed by atoms with van der Waals surface area (Å²) in [6, 6.07) is 19.4. The topological polar surface area (TPSA) is 53.6 Å². The summed E-state index contributed by atoms with van der Waals surface area (Å²) in [6.07, 6.45) is 6.95. The first kappa shape index (κ1) is 24.3. The lowest BCUT2D eigenvalue weighted by atomic mass is 10.0. The van der Waals surface area contributed by atoms with Crippen molar-refractivity contribution in [1.82, 2.24) is 5.32 Å². The van der Waals surface area contributed by atoms with Crippen molar-refractivity contribution in [2.45, 2.75) is 57.9 Å². The Kier molecular flexibility index (Phi) is 10.6. The van der Waals surface area contributed by atoms with Crippen LogP contribution in [0.25, 0.3) is 0 Å². The van der Waals surface area contributed by atoms with Gasteiger partial charge in [0.15, 0.2) is 0 Å². The second-order valence-electron chi connectivity index (χ2n) is 8.55. The van der Waals surface area contributed by atoms with Gasteiger partial charge in [0.25, 0.3) is 0 Å². The van der Waals surface area contributed by atoms with E-state index < -0.39 is 0 Å². The van der Waals surface area contributed by atoms with Crippen molar-refractivity contribution in [3.05, 3.63) is 60.2 Å². The van der Waals surface area contributed by atoms with Crippen LogP contribution in [0.5, 0.6) is 0 Å². The molecule has 5 heteroatoms. The van der Waals surface area contributed by atoms with E-state index in [-0.39, 0.29) is 5.91 Å². The van der Waals surface area contributed by atoms with Crippen LogP contribution < -0.4 is 15.5 Å². The zero-order valence-electron chi connectivity index (χ0n) is 19.5. The van der Waals surface area contributed by atoms with Gasteiger partial charge in [0.05, 0.1) is 0 Å². The monoisotopic (exact) mass is 437 g/mol. The van der Waals surface area contributed by atoms with Gasteiger partial charge in [-0.05, 0) is 81.8 Å². The molecule has 0 aliphatic carbocycles. The first-order valence-electron chi connectivity index (χ1n) is 12.2. The van der Waals surface area contributed by atoms with E-state index in [4.69, 9.17) is 4.74 Å². The van der Waals surface area contributed by atoms with E-state index in [1.807, 2.05) is 25.1 Å². The van der Waals surface area contributed by atoms with Gasteiger partial charge in [0.1, 0.15) is 0 Å². The predicted molar refractivity (Wildman–Crippen MR) is 133 cm³/mol. The highest BCUT2D eigenvalue weighted by atomic mass is 16.5. The number of ether oxygens (including phenoxy) is 1. The number of aryl methyl sites for hydroxylation is 1. The zero-order chi connectivity index (χ0) is 22.4. The number of hydrogen-bond donors (Lipinski definition) is 2. The van der Waals surface area contributed by atoms with Gasteiger partial charge in [-0.2, -0.15) is 0 Å². The molecule has 1 saturated heterocycles.